The van der Waals surface area contributed by atoms with Gasteiger partial charge in [-0.25, -0.2) is 0 Å². The van der Waals surface area contributed by atoms with Gasteiger partial charge in [0.25, 0.3) is 0 Å². The van der Waals surface area contributed by atoms with Gasteiger partial charge in [0.2, 0.25) is 11.6 Å². The Kier molecular flexibility index (Phi) is 7.60. The maximum atomic E-state index is 11.8. The first-order valence-electron chi connectivity index (χ1n) is 6.84. The van der Waals surface area contributed by atoms with Crippen molar-refractivity contribution in [3.05, 3.63) is 23.5 Å². The molecular formula is C14H22N2O4. The molecule has 0 saturated heterocycles. The third-order valence-electron chi connectivity index (χ3n) is 2.61. The standard InChI is InChI=1S/C14H22N2O4/c1-3-19-7-5-15-11-9-14(18)12(10-13(11)17)16-6-8-20-4-2/h9-10,15-16H,3-8H2,1-2H3. The summed E-state index contributed by atoms with van der Waals surface area (Å²) < 4.78 is 10.3. The van der Waals surface area contributed by atoms with Gasteiger partial charge in [-0.15, -0.1) is 0 Å². The highest BCUT2D eigenvalue weighted by Gasteiger charge is 2.19. The fraction of sp³-hybridized carbons (Fsp3) is 0.571. The summed E-state index contributed by atoms with van der Waals surface area (Å²) in [6.07, 6.45) is 2.63. The van der Waals surface area contributed by atoms with Gasteiger partial charge >= 0.3 is 0 Å². The minimum Gasteiger partial charge on any atom is -0.380 e. The number of allylic oxidation sites excluding steroid dienone is 2. The Morgan fingerprint density at radius 2 is 1.25 bits per heavy atom. The number of rotatable bonds is 10. The van der Waals surface area contributed by atoms with Crippen molar-refractivity contribution >= 4 is 11.6 Å². The van der Waals surface area contributed by atoms with Crippen molar-refractivity contribution in [3.63, 3.8) is 0 Å². The second-order valence-corrected chi connectivity index (χ2v) is 4.09. The molecule has 1 aliphatic rings. The smallest absolute Gasteiger partial charge is 0.203 e. The summed E-state index contributed by atoms with van der Waals surface area (Å²) in [6.45, 7) is 7.05. The molecular weight excluding hydrogens is 260 g/mol. The number of carbonyl (C=O) groups is 2. The lowest BCUT2D eigenvalue weighted by Gasteiger charge is -2.15. The largest absolute Gasteiger partial charge is 0.380 e. The van der Waals surface area contributed by atoms with E-state index in [2.05, 4.69) is 10.6 Å². The van der Waals surface area contributed by atoms with E-state index in [4.69, 9.17) is 9.47 Å². The van der Waals surface area contributed by atoms with Gasteiger partial charge in [0, 0.05) is 38.5 Å². The number of carbonyl (C=O) groups excluding carboxylic acids is 2. The lowest BCUT2D eigenvalue weighted by Crippen LogP contribution is -2.32. The number of hydrogen-bond donors (Lipinski definition) is 2. The highest BCUT2D eigenvalue weighted by Crippen LogP contribution is 2.07. The molecule has 1 rings (SSSR count). The summed E-state index contributed by atoms with van der Waals surface area (Å²) in [6, 6.07) is 0. The molecule has 0 aromatic carbocycles. The maximum Gasteiger partial charge on any atom is 0.203 e. The maximum absolute atomic E-state index is 11.8. The molecule has 0 radical (unpaired) electrons. The summed E-state index contributed by atoms with van der Waals surface area (Å²) in [5.41, 5.74) is 0.620. The average molecular weight is 282 g/mol. The molecule has 0 unspecified atom stereocenters. The van der Waals surface area contributed by atoms with Gasteiger partial charge in [-0.3, -0.25) is 9.59 Å². The van der Waals surface area contributed by atoms with Crippen molar-refractivity contribution in [2.75, 3.05) is 39.5 Å². The first-order chi connectivity index (χ1) is 9.69. The minimum atomic E-state index is -0.208. The van der Waals surface area contributed by atoms with Crippen LogP contribution in [0.5, 0.6) is 0 Å². The van der Waals surface area contributed by atoms with Crippen LogP contribution in [-0.2, 0) is 19.1 Å². The predicted molar refractivity (Wildman–Crippen MR) is 75.2 cm³/mol. The monoisotopic (exact) mass is 282 g/mol. The molecule has 0 heterocycles. The number of ketones is 2. The fourth-order valence-corrected chi connectivity index (χ4v) is 1.64. The first-order valence-corrected chi connectivity index (χ1v) is 6.84. The van der Waals surface area contributed by atoms with Gasteiger partial charge in [-0.1, -0.05) is 0 Å². The van der Waals surface area contributed by atoms with Crippen LogP contribution in [0.2, 0.25) is 0 Å². The molecule has 0 aromatic heterocycles. The van der Waals surface area contributed by atoms with Crippen molar-refractivity contribution in [1.29, 1.82) is 0 Å². The average Bonchev–Trinajstić information content (AvgIpc) is 2.44. The molecule has 1 aliphatic carbocycles. The Balaban J connectivity index is 2.41. The molecule has 0 bridgehead atoms. The van der Waals surface area contributed by atoms with Crippen LogP contribution in [-0.4, -0.2) is 51.1 Å². The van der Waals surface area contributed by atoms with Crippen LogP contribution in [0.25, 0.3) is 0 Å². The van der Waals surface area contributed by atoms with Crippen LogP contribution in [0.1, 0.15) is 13.8 Å². The molecule has 2 N–H and O–H groups in total. The Morgan fingerprint density at radius 3 is 1.60 bits per heavy atom. The Labute approximate surface area is 119 Å². The van der Waals surface area contributed by atoms with Crippen molar-refractivity contribution in [3.8, 4) is 0 Å². The fourth-order valence-electron chi connectivity index (χ4n) is 1.64. The van der Waals surface area contributed by atoms with Crippen LogP contribution in [0, 0.1) is 0 Å². The molecule has 6 heteroatoms. The summed E-state index contributed by atoms with van der Waals surface area (Å²) in [5.74, 6) is -0.417. The SMILES string of the molecule is CCOCCNC1=CC(=O)C(NCCOCC)=CC1=O. The van der Waals surface area contributed by atoms with Crippen molar-refractivity contribution < 1.29 is 19.1 Å². The van der Waals surface area contributed by atoms with E-state index >= 15 is 0 Å². The summed E-state index contributed by atoms with van der Waals surface area (Å²) in [4.78, 5) is 23.7. The van der Waals surface area contributed by atoms with Crippen molar-refractivity contribution in [2.24, 2.45) is 0 Å². The van der Waals surface area contributed by atoms with Gasteiger partial charge in [-0.2, -0.15) is 0 Å². The highest BCUT2D eigenvalue weighted by atomic mass is 16.5. The van der Waals surface area contributed by atoms with E-state index in [1.807, 2.05) is 13.8 Å². The second kappa shape index (κ2) is 9.28. The van der Waals surface area contributed by atoms with E-state index in [1.165, 1.54) is 12.2 Å². The number of hydrogen-bond acceptors (Lipinski definition) is 6. The van der Waals surface area contributed by atoms with Gasteiger partial charge in [0.05, 0.1) is 24.6 Å². The first kappa shape index (κ1) is 16.4. The number of ether oxygens (including phenoxy) is 2. The van der Waals surface area contributed by atoms with Crippen molar-refractivity contribution in [2.45, 2.75) is 13.8 Å². The lowest BCUT2D eigenvalue weighted by molar-refractivity contribution is -0.115. The molecule has 0 spiro atoms. The minimum absolute atomic E-state index is 0.208. The third-order valence-corrected chi connectivity index (χ3v) is 2.61. The van der Waals surface area contributed by atoms with Gasteiger partial charge < -0.3 is 20.1 Å². The van der Waals surface area contributed by atoms with E-state index in [1.54, 1.807) is 0 Å². The molecule has 0 atom stereocenters. The Bertz CT molecular complexity index is 364. The Morgan fingerprint density at radius 1 is 0.850 bits per heavy atom. The highest BCUT2D eigenvalue weighted by molar-refractivity contribution is 6.19. The van der Waals surface area contributed by atoms with Gasteiger partial charge in [0.15, 0.2) is 0 Å². The third kappa shape index (κ3) is 5.54. The van der Waals surface area contributed by atoms with Gasteiger partial charge in [0.1, 0.15) is 0 Å². The van der Waals surface area contributed by atoms with E-state index in [0.29, 0.717) is 50.9 Å². The summed E-state index contributed by atoms with van der Waals surface area (Å²) >= 11 is 0. The van der Waals surface area contributed by atoms with E-state index in [-0.39, 0.29) is 11.6 Å². The molecule has 0 saturated carbocycles. The molecule has 0 fully saturated rings. The molecule has 0 aliphatic heterocycles. The summed E-state index contributed by atoms with van der Waals surface area (Å²) in [5, 5.41) is 5.80. The zero-order valence-corrected chi connectivity index (χ0v) is 12.0. The molecule has 112 valence electrons. The van der Waals surface area contributed by atoms with Crippen LogP contribution in [0.15, 0.2) is 23.5 Å². The van der Waals surface area contributed by atoms with Crippen molar-refractivity contribution in [1.82, 2.24) is 10.6 Å². The second-order valence-electron chi connectivity index (χ2n) is 4.09. The van der Waals surface area contributed by atoms with Crippen LogP contribution >= 0.6 is 0 Å². The molecule has 0 aromatic rings. The molecule has 6 nitrogen and oxygen atoms in total. The summed E-state index contributed by atoms with van der Waals surface area (Å²) in [7, 11) is 0. The zero-order chi connectivity index (χ0) is 14.8. The van der Waals surface area contributed by atoms with Crippen LogP contribution < -0.4 is 10.6 Å². The number of nitrogens with one attached hydrogen (secondary N) is 2. The quantitative estimate of drug-likeness (QED) is 0.439. The van der Waals surface area contributed by atoms with E-state index in [9.17, 15) is 9.59 Å². The van der Waals surface area contributed by atoms with Gasteiger partial charge in [-0.05, 0) is 13.8 Å². The normalized spacial score (nSPS) is 14.9. The molecule has 0 amide bonds. The topological polar surface area (TPSA) is 76.7 Å². The predicted octanol–water partition coefficient (Wildman–Crippen LogP) is 0.158. The molecule has 20 heavy (non-hydrogen) atoms. The van der Waals surface area contributed by atoms with Crippen LogP contribution in [0.3, 0.4) is 0 Å². The van der Waals surface area contributed by atoms with E-state index in [0.717, 1.165) is 0 Å². The van der Waals surface area contributed by atoms with Crippen LogP contribution in [0.4, 0.5) is 0 Å². The lowest BCUT2D eigenvalue weighted by atomic mass is 10.1. The zero-order valence-electron chi connectivity index (χ0n) is 12.0. The van der Waals surface area contributed by atoms with E-state index < -0.39 is 0 Å². The Hall–Kier alpha value is -1.66.